The molecule has 3 N–H and O–H groups in total. The van der Waals surface area contributed by atoms with Crippen molar-refractivity contribution in [3.8, 4) is 5.75 Å². The number of para-hydroxylation sites is 2. The van der Waals surface area contributed by atoms with Crippen LogP contribution in [0.1, 0.15) is 11.1 Å². The van der Waals surface area contributed by atoms with E-state index in [1.807, 2.05) is 37.3 Å². The molecule has 0 aromatic heterocycles. The molecule has 3 aromatic carbocycles. The SMILES string of the molecule is Cc1ccccc1NC(=O)C(=O)N/N=C\c1cc(Br)ccc1OCC(=O)Nc1ccccc1. The highest BCUT2D eigenvalue weighted by molar-refractivity contribution is 9.10. The topological polar surface area (TPSA) is 109 Å². The van der Waals surface area contributed by atoms with Crippen molar-refractivity contribution in [2.75, 3.05) is 17.2 Å². The number of hydrogen-bond donors (Lipinski definition) is 3. The fourth-order valence-corrected chi connectivity index (χ4v) is 3.10. The zero-order valence-corrected chi connectivity index (χ0v) is 19.3. The molecule has 0 aliphatic heterocycles. The Bertz CT molecular complexity index is 1180. The largest absolute Gasteiger partial charge is 0.483 e. The predicted molar refractivity (Wildman–Crippen MR) is 130 cm³/mol. The van der Waals surface area contributed by atoms with Gasteiger partial charge in [-0.25, -0.2) is 5.43 Å². The molecule has 3 amide bonds. The molecular weight excluding hydrogens is 488 g/mol. The molecule has 0 heterocycles. The van der Waals surface area contributed by atoms with Gasteiger partial charge in [-0.15, -0.1) is 0 Å². The van der Waals surface area contributed by atoms with E-state index in [-0.39, 0.29) is 12.5 Å². The molecule has 0 aliphatic rings. The number of nitrogens with zero attached hydrogens (tertiary/aromatic N) is 1. The molecule has 0 saturated carbocycles. The van der Waals surface area contributed by atoms with E-state index in [9.17, 15) is 14.4 Å². The number of halogens is 1. The highest BCUT2D eigenvalue weighted by Crippen LogP contribution is 2.22. The summed E-state index contributed by atoms with van der Waals surface area (Å²) in [5.41, 5.74) is 4.71. The first-order valence-corrected chi connectivity index (χ1v) is 10.7. The molecule has 0 atom stereocenters. The average Bonchev–Trinajstić information content (AvgIpc) is 2.80. The van der Waals surface area contributed by atoms with Gasteiger partial charge in [0, 0.05) is 21.4 Å². The third-order valence-corrected chi connectivity index (χ3v) is 4.85. The standard InChI is InChI=1S/C24H21BrN4O4/c1-16-7-5-6-10-20(16)28-23(31)24(32)29-26-14-17-13-18(25)11-12-21(17)33-15-22(30)27-19-8-3-2-4-9-19/h2-14H,15H2,1H3,(H,27,30)(H,28,31)(H,29,32)/b26-14-. The second-order valence-corrected chi connectivity index (χ2v) is 7.77. The molecular formula is C24H21BrN4O4. The van der Waals surface area contributed by atoms with Crippen molar-refractivity contribution in [1.82, 2.24) is 5.43 Å². The van der Waals surface area contributed by atoms with Gasteiger partial charge in [-0.3, -0.25) is 14.4 Å². The Morgan fingerprint density at radius 2 is 1.67 bits per heavy atom. The van der Waals surface area contributed by atoms with Crippen LogP contribution in [0, 0.1) is 6.92 Å². The van der Waals surface area contributed by atoms with Gasteiger partial charge in [0.1, 0.15) is 5.75 Å². The Balaban J connectivity index is 1.58. The Morgan fingerprint density at radius 1 is 0.939 bits per heavy atom. The van der Waals surface area contributed by atoms with Gasteiger partial charge < -0.3 is 15.4 Å². The molecule has 9 heteroatoms. The minimum atomic E-state index is -0.922. The number of amides is 3. The molecule has 0 bridgehead atoms. The van der Waals surface area contributed by atoms with E-state index in [1.54, 1.807) is 42.5 Å². The van der Waals surface area contributed by atoms with Gasteiger partial charge in [0.2, 0.25) is 0 Å². The van der Waals surface area contributed by atoms with Crippen molar-refractivity contribution in [3.63, 3.8) is 0 Å². The molecule has 0 fully saturated rings. The lowest BCUT2D eigenvalue weighted by Crippen LogP contribution is -2.32. The van der Waals surface area contributed by atoms with Crippen LogP contribution < -0.4 is 20.8 Å². The summed E-state index contributed by atoms with van der Waals surface area (Å²) in [7, 11) is 0. The monoisotopic (exact) mass is 508 g/mol. The number of carbonyl (C=O) groups excluding carboxylic acids is 3. The summed E-state index contributed by atoms with van der Waals surface area (Å²) in [4.78, 5) is 36.3. The molecule has 33 heavy (non-hydrogen) atoms. The second kappa shape index (κ2) is 11.6. The van der Waals surface area contributed by atoms with Gasteiger partial charge in [-0.1, -0.05) is 52.3 Å². The minimum absolute atomic E-state index is 0.220. The Kier molecular flexibility index (Phi) is 8.31. The number of nitrogens with one attached hydrogen (secondary N) is 3. The summed E-state index contributed by atoms with van der Waals surface area (Å²) in [6.07, 6.45) is 1.33. The maximum atomic E-state index is 12.1. The van der Waals surface area contributed by atoms with Crippen LogP contribution in [0.2, 0.25) is 0 Å². The van der Waals surface area contributed by atoms with Crippen LogP contribution in [-0.2, 0) is 14.4 Å². The molecule has 0 radical (unpaired) electrons. The molecule has 0 unspecified atom stereocenters. The highest BCUT2D eigenvalue weighted by Gasteiger charge is 2.14. The van der Waals surface area contributed by atoms with Gasteiger partial charge in [0.15, 0.2) is 6.61 Å². The van der Waals surface area contributed by atoms with Crippen molar-refractivity contribution >= 4 is 51.2 Å². The average molecular weight is 509 g/mol. The predicted octanol–water partition coefficient (Wildman–Crippen LogP) is 3.86. The number of benzene rings is 3. The lowest BCUT2D eigenvalue weighted by atomic mass is 10.2. The van der Waals surface area contributed by atoms with E-state index < -0.39 is 11.8 Å². The summed E-state index contributed by atoms with van der Waals surface area (Å²) in [6.45, 7) is 1.60. The van der Waals surface area contributed by atoms with Crippen LogP contribution in [0.5, 0.6) is 5.75 Å². The molecule has 3 aromatic rings. The molecule has 8 nitrogen and oxygen atoms in total. The van der Waals surface area contributed by atoms with Crippen molar-refractivity contribution < 1.29 is 19.1 Å². The highest BCUT2D eigenvalue weighted by atomic mass is 79.9. The van der Waals surface area contributed by atoms with Crippen LogP contribution in [0.3, 0.4) is 0 Å². The van der Waals surface area contributed by atoms with Crippen LogP contribution in [0.4, 0.5) is 11.4 Å². The maximum Gasteiger partial charge on any atom is 0.329 e. The van der Waals surface area contributed by atoms with Crippen LogP contribution in [0.15, 0.2) is 82.4 Å². The van der Waals surface area contributed by atoms with E-state index in [0.717, 1.165) is 10.0 Å². The number of anilines is 2. The fraction of sp³-hybridized carbons (Fsp3) is 0.0833. The van der Waals surface area contributed by atoms with E-state index in [0.29, 0.717) is 22.7 Å². The van der Waals surface area contributed by atoms with Crippen molar-refractivity contribution in [3.05, 3.63) is 88.4 Å². The van der Waals surface area contributed by atoms with E-state index in [1.165, 1.54) is 6.21 Å². The van der Waals surface area contributed by atoms with E-state index in [4.69, 9.17) is 4.74 Å². The smallest absolute Gasteiger partial charge is 0.329 e. The first-order valence-electron chi connectivity index (χ1n) is 9.89. The molecule has 3 rings (SSSR count). The normalized spacial score (nSPS) is 10.5. The summed E-state index contributed by atoms with van der Waals surface area (Å²) in [5.74, 6) is -1.71. The minimum Gasteiger partial charge on any atom is -0.483 e. The molecule has 0 aliphatic carbocycles. The number of aryl methyl sites for hydroxylation is 1. The van der Waals surface area contributed by atoms with Gasteiger partial charge in [-0.05, 0) is 48.9 Å². The Morgan fingerprint density at radius 3 is 2.42 bits per heavy atom. The van der Waals surface area contributed by atoms with Gasteiger partial charge >= 0.3 is 11.8 Å². The fourth-order valence-electron chi connectivity index (χ4n) is 2.72. The summed E-state index contributed by atoms with van der Waals surface area (Å²) < 4.78 is 6.35. The van der Waals surface area contributed by atoms with Crippen LogP contribution in [0.25, 0.3) is 0 Å². The Hall–Kier alpha value is -3.98. The number of hydrogen-bond acceptors (Lipinski definition) is 5. The quantitative estimate of drug-likeness (QED) is 0.255. The second-order valence-electron chi connectivity index (χ2n) is 6.85. The zero-order chi connectivity index (χ0) is 23.6. The van der Waals surface area contributed by atoms with Crippen LogP contribution >= 0.6 is 15.9 Å². The number of carbonyl (C=O) groups is 3. The number of rotatable bonds is 7. The maximum absolute atomic E-state index is 12.1. The lowest BCUT2D eigenvalue weighted by molar-refractivity contribution is -0.136. The first-order chi connectivity index (χ1) is 15.9. The summed E-state index contributed by atoms with van der Waals surface area (Å²) >= 11 is 3.36. The molecule has 0 saturated heterocycles. The van der Waals surface area contributed by atoms with Gasteiger partial charge in [-0.2, -0.15) is 5.10 Å². The lowest BCUT2D eigenvalue weighted by Gasteiger charge is -2.10. The van der Waals surface area contributed by atoms with Gasteiger partial charge in [0.05, 0.1) is 6.21 Å². The Labute approximate surface area is 199 Å². The number of hydrazone groups is 1. The summed E-state index contributed by atoms with van der Waals surface area (Å²) in [6, 6.07) is 21.2. The number of ether oxygens (including phenoxy) is 1. The van der Waals surface area contributed by atoms with Crippen molar-refractivity contribution in [1.29, 1.82) is 0 Å². The van der Waals surface area contributed by atoms with Crippen molar-refractivity contribution in [2.45, 2.75) is 6.92 Å². The van der Waals surface area contributed by atoms with Crippen LogP contribution in [-0.4, -0.2) is 30.5 Å². The van der Waals surface area contributed by atoms with E-state index >= 15 is 0 Å². The summed E-state index contributed by atoms with van der Waals surface area (Å²) in [5, 5.41) is 9.10. The van der Waals surface area contributed by atoms with E-state index in [2.05, 4.69) is 37.1 Å². The third-order valence-electron chi connectivity index (χ3n) is 4.36. The van der Waals surface area contributed by atoms with Crippen molar-refractivity contribution in [2.24, 2.45) is 5.10 Å². The molecule has 0 spiro atoms. The molecule has 168 valence electrons. The first kappa shape index (κ1) is 23.7. The zero-order valence-electron chi connectivity index (χ0n) is 17.7. The van der Waals surface area contributed by atoms with Gasteiger partial charge in [0.25, 0.3) is 5.91 Å². The third kappa shape index (κ3) is 7.29.